The van der Waals surface area contributed by atoms with Crippen molar-refractivity contribution in [2.75, 3.05) is 5.32 Å². The van der Waals surface area contributed by atoms with E-state index in [0.717, 1.165) is 30.4 Å². The molecule has 2 aromatic rings. The lowest BCUT2D eigenvalue weighted by molar-refractivity contribution is 0.185. The summed E-state index contributed by atoms with van der Waals surface area (Å²) in [5.74, 6) is 0.278. The molecule has 22 heavy (non-hydrogen) atoms. The second kappa shape index (κ2) is 5.75. The van der Waals surface area contributed by atoms with Crippen LogP contribution >= 0.6 is 0 Å². The minimum absolute atomic E-state index is 0.271. The zero-order chi connectivity index (χ0) is 15.6. The average molecular weight is 299 g/mol. The number of aromatic nitrogens is 1. The molecule has 1 saturated carbocycles. The van der Waals surface area contributed by atoms with Crippen LogP contribution in [0.3, 0.4) is 0 Å². The third kappa shape index (κ3) is 2.79. The molecule has 1 fully saturated rings. The largest absolute Gasteiger partial charge is 0.328 e. The summed E-state index contributed by atoms with van der Waals surface area (Å²) < 4.78 is 13.1. The van der Waals surface area contributed by atoms with Gasteiger partial charge in [0.1, 0.15) is 11.6 Å². The van der Waals surface area contributed by atoms with Crippen molar-refractivity contribution >= 4 is 11.8 Å². The summed E-state index contributed by atoms with van der Waals surface area (Å²) in [6.45, 7) is 1.89. The minimum atomic E-state index is -0.402. The summed E-state index contributed by atoms with van der Waals surface area (Å²) in [5.41, 5.74) is 1.44. The summed E-state index contributed by atoms with van der Waals surface area (Å²) in [7, 11) is 0. The van der Waals surface area contributed by atoms with Crippen molar-refractivity contribution in [3.8, 4) is 0 Å². The molecule has 5 heteroatoms. The Labute approximate surface area is 128 Å². The fourth-order valence-electron chi connectivity index (χ4n) is 2.76. The first-order chi connectivity index (χ1) is 10.6. The molecule has 1 aliphatic carbocycles. The predicted octanol–water partition coefficient (Wildman–Crippen LogP) is 3.73. The minimum Gasteiger partial charge on any atom is -0.328 e. The number of nitrogens with one attached hydrogen (secondary N) is 2. The van der Waals surface area contributed by atoms with Gasteiger partial charge in [-0.05, 0) is 55.5 Å². The van der Waals surface area contributed by atoms with E-state index in [-0.39, 0.29) is 11.8 Å². The van der Waals surface area contributed by atoms with Gasteiger partial charge in [0.2, 0.25) is 0 Å². The van der Waals surface area contributed by atoms with Crippen LogP contribution in [-0.4, -0.2) is 11.0 Å². The van der Waals surface area contributed by atoms with E-state index >= 15 is 0 Å². The van der Waals surface area contributed by atoms with E-state index < -0.39 is 5.54 Å². The lowest BCUT2D eigenvalue weighted by Gasteiger charge is -2.43. The Morgan fingerprint density at radius 2 is 1.95 bits per heavy atom. The SMILES string of the molecule is Cc1cccnc1NC(=O)NC1(c2ccc(F)cc2)CCC1. The monoisotopic (exact) mass is 299 g/mol. The molecule has 4 nitrogen and oxygen atoms in total. The van der Waals surface area contributed by atoms with Crippen LogP contribution in [0.1, 0.15) is 30.4 Å². The molecule has 0 bridgehead atoms. The summed E-state index contributed by atoms with van der Waals surface area (Å²) in [4.78, 5) is 16.4. The molecule has 0 atom stereocenters. The van der Waals surface area contributed by atoms with Gasteiger partial charge in [-0.3, -0.25) is 5.32 Å². The number of carbonyl (C=O) groups excluding carboxylic acids is 1. The van der Waals surface area contributed by atoms with Crippen molar-refractivity contribution < 1.29 is 9.18 Å². The van der Waals surface area contributed by atoms with Crippen molar-refractivity contribution in [3.63, 3.8) is 0 Å². The first-order valence-electron chi connectivity index (χ1n) is 7.36. The van der Waals surface area contributed by atoms with Gasteiger partial charge < -0.3 is 5.32 Å². The first kappa shape index (κ1) is 14.5. The normalized spacial score (nSPS) is 15.7. The van der Waals surface area contributed by atoms with Crippen molar-refractivity contribution in [2.24, 2.45) is 0 Å². The maximum atomic E-state index is 13.1. The second-order valence-corrected chi connectivity index (χ2v) is 5.69. The maximum Gasteiger partial charge on any atom is 0.321 e. The molecular weight excluding hydrogens is 281 g/mol. The van der Waals surface area contributed by atoms with E-state index in [9.17, 15) is 9.18 Å². The fourth-order valence-corrected chi connectivity index (χ4v) is 2.76. The molecule has 2 amide bonds. The van der Waals surface area contributed by atoms with Crippen LogP contribution in [-0.2, 0) is 5.54 Å². The van der Waals surface area contributed by atoms with E-state index in [1.54, 1.807) is 18.3 Å². The highest BCUT2D eigenvalue weighted by molar-refractivity contribution is 5.89. The van der Waals surface area contributed by atoms with Crippen LogP contribution in [0, 0.1) is 12.7 Å². The van der Waals surface area contributed by atoms with Crippen LogP contribution in [0.4, 0.5) is 15.0 Å². The van der Waals surface area contributed by atoms with Gasteiger partial charge in [-0.1, -0.05) is 18.2 Å². The van der Waals surface area contributed by atoms with Crippen LogP contribution < -0.4 is 10.6 Å². The van der Waals surface area contributed by atoms with Gasteiger partial charge in [0.15, 0.2) is 0 Å². The van der Waals surface area contributed by atoms with E-state index in [2.05, 4.69) is 15.6 Å². The number of rotatable bonds is 3. The van der Waals surface area contributed by atoms with E-state index in [1.807, 2.05) is 19.1 Å². The van der Waals surface area contributed by atoms with Gasteiger partial charge in [0.05, 0.1) is 5.54 Å². The van der Waals surface area contributed by atoms with Gasteiger partial charge in [-0.2, -0.15) is 0 Å². The molecule has 2 N–H and O–H groups in total. The average Bonchev–Trinajstić information content (AvgIpc) is 2.46. The smallest absolute Gasteiger partial charge is 0.321 e. The number of benzene rings is 1. The number of carbonyl (C=O) groups is 1. The lowest BCUT2D eigenvalue weighted by Crippen LogP contribution is -2.52. The Balaban J connectivity index is 1.74. The fraction of sp³-hybridized carbons (Fsp3) is 0.294. The maximum absolute atomic E-state index is 13.1. The zero-order valence-corrected chi connectivity index (χ0v) is 12.4. The van der Waals surface area contributed by atoms with Gasteiger partial charge in [0.25, 0.3) is 0 Å². The molecule has 1 heterocycles. The molecule has 1 aliphatic rings. The highest BCUT2D eigenvalue weighted by atomic mass is 19.1. The number of amides is 2. The molecule has 0 radical (unpaired) electrons. The van der Waals surface area contributed by atoms with Gasteiger partial charge >= 0.3 is 6.03 Å². The van der Waals surface area contributed by atoms with E-state index in [0.29, 0.717) is 5.82 Å². The molecular formula is C17H18FN3O. The number of aryl methyl sites for hydroxylation is 1. The number of pyridine rings is 1. The Bertz CT molecular complexity index is 681. The van der Waals surface area contributed by atoms with Gasteiger partial charge in [-0.15, -0.1) is 0 Å². The van der Waals surface area contributed by atoms with Crippen LogP contribution in [0.15, 0.2) is 42.6 Å². The molecule has 114 valence electrons. The molecule has 1 aromatic heterocycles. The van der Waals surface area contributed by atoms with Gasteiger partial charge in [-0.25, -0.2) is 14.2 Å². The number of anilines is 1. The number of halogens is 1. The molecule has 0 aliphatic heterocycles. The highest BCUT2D eigenvalue weighted by Gasteiger charge is 2.40. The zero-order valence-electron chi connectivity index (χ0n) is 12.4. The number of urea groups is 1. The Hall–Kier alpha value is -2.43. The first-order valence-corrected chi connectivity index (χ1v) is 7.36. The summed E-state index contributed by atoms with van der Waals surface area (Å²) in [6.07, 6.45) is 4.39. The van der Waals surface area contributed by atoms with Gasteiger partial charge in [0, 0.05) is 6.20 Å². The number of nitrogens with zero attached hydrogens (tertiary/aromatic N) is 1. The Morgan fingerprint density at radius 1 is 1.23 bits per heavy atom. The van der Waals surface area contributed by atoms with Crippen molar-refractivity contribution in [1.82, 2.24) is 10.3 Å². The quantitative estimate of drug-likeness (QED) is 0.907. The number of hydrogen-bond donors (Lipinski definition) is 2. The standard InChI is InChI=1S/C17H18FN3O/c1-12-4-2-11-19-15(12)20-16(22)21-17(9-3-10-17)13-5-7-14(18)8-6-13/h2,4-8,11H,3,9-10H2,1H3,(H2,19,20,21,22). The summed E-state index contributed by atoms with van der Waals surface area (Å²) >= 11 is 0. The number of hydrogen-bond acceptors (Lipinski definition) is 2. The van der Waals surface area contributed by atoms with Crippen molar-refractivity contribution in [2.45, 2.75) is 31.7 Å². The van der Waals surface area contributed by atoms with Crippen LogP contribution in [0.2, 0.25) is 0 Å². The molecule has 0 saturated heterocycles. The lowest BCUT2D eigenvalue weighted by atomic mass is 9.72. The molecule has 0 spiro atoms. The van der Waals surface area contributed by atoms with Crippen molar-refractivity contribution in [3.05, 3.63) is 59.5 Å². The third-order valence-corrected chi connectivity index (χ3v) is 4.20. The molecule has 1 aromatic carbocycles. The predicted molar refractivity (Wildman–Crippen MR) is 83.1 cm³/mol. The van der Waals surface area contributed by atoms with E-state index in [1.165, 1.54) is 12.1 Å². The second-order valence-electron chi connectivity index (χ2n) is 5.69. The van der Waals surface area contributed by atoms with E-state index in [4.69, 9.17) is 0 Å². The highest BCUT2D eigenvalue weighted by Crippen LogP contribution is 2.41. The molecule has 0 unspecified atom stereocenters. The van der Waals surface area contributed by atoms with Crippen LogP contribution in [0.5, 0.6) is 0 Å². The Morgan fingerprint density at radius 3 is 2.55 bits per heavy atom. The van der Waals surface area contributed by atoms with Crippen molar-refractivity contribution in [1.29, 1.82) is 0 Å². The topological polar surface area (TPSA) is 54.0 Å². The Kier molecular flexibility index (Phi) is 3.79. The third-order valence-electron chi connectivity index (χ3n) is 4.20. The van der Waals surface area contributed by atoms with Crippen LogP contribution in [0.25, 0.3) is 0 Å². The molecule has 3 rings (SSSR count). The summed E-state index contributed by atoms with van der Waals surface area (Å²) in [5, 5.41) is 5.81. The summed E-state index contributed by atoms with van der Waals surface area (Å²) in [6, 6.07) is 9.76.